The van der Waals surface area contributed by atoms with Gasteiger partial charge in [0.25, 0.3) is 5.91 Å². The van der Waals surface area contributed by atoms with Crippen molar-refractivity contribution in [1.82, 2.24) is 15.1 Å². The van der Waals surface area contributed by atoms with Crippen LogP contribution >= 0.6 is 0 Å². The number of hydrogen-bond donors (Lipinski definition) is 1. The van der Waals surface area contributed by atoms with E-state index in [4.69, 9.17) is 0 Å². The summed E-state index contributed by atoms with van der Waals surface area (Å²) in [6.45, 7) is 5.03. The van der Waals surface area contributed by atoms with Crippen LogP contribution < -0.4 is 5.32 Å². The molecule has 1 amide bonds. The lowest BCUT2D eigenvalue weighted by Crippen LogP contribution is -2.24. The first-order valence-corrected chi connectivity index (χ1v) is 14.7. The van der Waals surface area contributed by atoms with Crippen molar-refractivity contribution in [3.63, 3.8) is 0 Å². The van der Waals surface area contributed by atoms with Crippen LogP contribution in [0, 0.1) is 6.92 Å². The third kappa shape index (κ3) is 10.2. The topological polar surface area (TPSA) is 46.9 Å². The fourth-order valence-corrected chi connectivity index (χ4v) is 4.89. The van der Waals surface area contributed by atoms with Crippen molar-refractivity contribution in [3.05, 3.63) is 71.9 Å². The van der Waals surface area contributed by atoms with Crippen LogP contribution in [-0.4, -0.2) is 22.2 Å². The third-order valence-electron chi connectivity index (χ3n) is 7.09. The Kier molecular flexibility index (Phi) is 13.0. The van der Waals surface area contributed by atoms with Crippen LogP contribution in [0.1, 0.15) is 113 Å². The number of carbonyl (C=O) groups is 1. The Balaban J connectivity index is 1.28. The van der Waals surface area contributed by atoms with Gasteiger partial charge in [0.2, 0.25) is 0 Å². The molecule has 2 aromatic carbocycles. The first kappa shape index (κ1) is 28.7. The molecular weight excluding hydrogens is 454 g/mol. The van der Waals surface area contributed by atoms with Gasteiger partial charge in [-0.25, -0.2) is 4.68 Å². The van der Waals surface area contributed by atoms with Crippen molar-refractivity contribution >= 4 is 5.91 Å². The lowest BCUT2D eigenvalue weighted by Gasteiger charge is -2.09. The van der Waals surface area contributed by atoms with Crippen molar-refractivity contribution < 1.29 is 4.79 Å². The molecule has 37 heavy (non-hydrogen) atoms. The van der Waals surface area contributed by atoms with Gasteiger partial charge in [-0.2, -0.15) is 5.10 Å². The third-order valence-corrected chi connectivity index (χ3v) is 7.09. The van der Waals surface area contributed by atoms with Gasteiger partial charge in [-0.15, -0.1) is 0 Å². The molecule has 1 N–H and O–H groups in total. The summed E-state index contributed by atoms with van der Waals surface area (Å²) >= 11 is 0. The van der Waals surface area contributed by atoms with E-state index in [9.17, 15) is 4.79 Å². The number of nitrogens with one attached hydrogen (secondary N) is 1. The highest BCUT2D eigenvalue weighted by atomic mass is 16.1. The predicted molar refractivity (Wildman–Crippen MR) is 156 cm³/mol. The first-order chi connectivity index (χ1) is 18.2. The Morgan fingerprint density at radius 2 is 1.27 bits per heavy atom. The summed E-state index contributed by atoms with van der Waals surface area (Å²) in [6, 6.07) is 20.1. The second kappa shape index (κ2) is 16.8. The van der Waals surface area contributed by atoms with Gasteiger partial charge in [0.1, 0.15) is 0 Å². The molecule has 0 atom stereocenters. The van der Waals surface area contributed by atoms with E-state index in [2.05, 4.69) is 35.5 Å². The molecule has 0 aliphatic carbocycles. The van der Waals surface area contributed by atoms with E-state index in [0.717, 1.165) is 35.6 Å². The van der Waals surface area contributed by atoms with Crippen LogP contribution in [0.25, 0.3) is 16.9 Å². The van der Waals surface area contributed by atoms with Gasteiger partial charge in [-0.1, -0.05) is 121 Å². The van der Waals surface area contributed by atoms with E-state index in [1.54, 1.807) is 0 Å². The molecule has 3 aromatic rings. The molecule has 3 rings (SSSR count). The SMILES string of the molecule is CCCCCCCCCCCCCCCCNC(=O)c1ccc(-n2nc(C)cc2-c2ccccc2)cc1. The molecular formula is C33H47N3O. The van der Waals surface area contributed by atoms with E-state index in [1.165, 1.54) is 83.5 Å². The number of unbranched alkanes of at least 4 members (excludes halogenated alkanes) is 13. The molecule has 1 aromatic heterocycles. The fraction of sp³-hybridized carbons (Fsp3) is 0.515. The smallest absolute Gasteiger partial charge is 0.251 e. The summed E-state index contributed by atoms with van der Waals surface area (Å²) in [6.07, 6.45) is 18.8. The minimum atomic E-state index is 0.00109. The van der Waals surface area contributed by atoms with Crippen molar-refractivity contribution in [2.75, 3.05) is 6.54 Å². The Labute approximate surface area is 224 Å². The number of amides is 1. The fourth-order valence-electron chi connectivity index (χ4n) is 4.89. The van der Waals surface area contributed by atoms with Crippen molar-refractivity contribution in [3.8, 4) is 16.9 Å². The largest absolute Gasteiger partial charge is 0.352 e. The van der Waals surface area contributed by atoms with Gasteiger partial charge in [-0.05, 0) is 43.7 Å². The van der Waals surface area contributed by atoms with Crippen LogP contribution in [-0.2, 0) is 0 Å². The zero-order chi connectivity index (χ0) is 26.1. The van der Waals surface area contributed by atoms with Gasteiger partial charge in [0.05, 0.1) is 17.1 Å². The molecule has 1 heterocycles. The summed E-state index contributed by atoms with van der Waals surface area (Å²) in [4.78, 5) is 12.6. The highest BCUT2D eigenvalue weighted by Crippen LogP contribution is 2.24. The molecule has 4 nitrogen and oxygen atoms in total. The molecule has 200 valence electrons. The van der Waals surface area contributed by atoms with Crippen LogP contribution in [0.5, 0.6) is 0 Å². The molecule has 0 unspecified atom stereocenters. The molecule has 0 bridgehead atoms. The number of nitrogens with zero attached hydrogens (tertiary/aromatic N) is 2. The highest BCUT2D eigenvalue weighted by molar-refractivity contribution is 5.94. The lowest BCUT2D eigenvalue weighted by atomic mass is 10.0. The summed E-state index contributed by atoms with van der Waals surface area (Å²) < 4.78 is 1.95. The number of hydrogen-bond acceptors (Lipinski definition) is 2. The van der Waals surface area contributed by atoms with E-state index in [0.29, 0.717) is 5.56 Å². The maximum atomic E-state index is 12.6. The molecule has 0 radical (unpaired) electrons. The number of aryl methyl sites for hydroxylation is 1. The Bertz CT molecular complexity index is 1020. The normalized spacial score (nSPS) is 11.1. The Hall–Kier alpha value is -2.88. The molecule has 0 aliphatic heterocycles. The average molecular weight is 502 g/mol. The van der Waals surface area contributed by atoms with E-state index >= 15 is 0 Å². The molecule has 0 aliphatic rings. The maximum absolute atomic E-state index is 12.6. The summed E-state index contributed by atoms with van der Waals surface area (Å²) in [5.41, 5.74) is 4.79. The number of carbonyl (C=O) groups excluding carboxylic acids is 1. The zero-order valence-corrected chi connectivity index (χ0v) is 23.2. The monoisotopic (exact) mass is 501 g/mol. The van der Waals surface area contributed by atoms with Crippen LogP contribution in [0.2, 0.25) is 0 Å². The molecule has 0 saturated heterocycles. The van der Waals surface area contributed by atoms with Crippen LogP contribution in [0.4, 0.5) is 0 Å². The van der Waals surface area contributed by atoms with Crippen molar-refractivity contribution in [1.29, 1.82) is 0 Å². The number of rotatable bonds is 18. The number of aromatic nitrogens is 2. The van der Waals surface area contributed by atoms with Crippen LogP contribution in [0.3, 0.4) is 0 Å². The Morgan fingerprint density at radius 3 is 1.84 bits per heavy atom. The van der Waals surface area contributed by atoms with Crippen LogP contribution in [0.15, 0.2) is 60.7 Å². The second-order valence-electron chi connectivity index (χ2n) is 10.3. The predicted octanol–water partition coefficient (Wildman–Crippen LogP) is 9.06. The van der Waals surface area contributed by atoms with Crippen molar-refractivity contribution in [2.24, 2.45) is 0 Å². The van der Waals surface area contributed by atoms with Gasteiger partial charge >= 0.3 is 0 Å². The molecule has 0 fully saturated rings. The maximum Gasteiger partial charge on any atom is 0.251 e. The van der Waals surface area contributed by atoms with Crippen molar-refractivity contribution in [2.45, 2.75) is 104 Å². The van der Waals surface area contributed by atoms with E-state index < -0.39 is 0 Å². The molecule has 0 saturated carbocycles. The Morgan fingerprint density at radius 1 is 0.730 bits per heavy atom. The minimum Gasteiger partial charge on any atom is -0.352 e. The first-order valence-electron chi connectivity index (χ1n) is 14.7. The number of benzene rings is 2. The molecule has 0 spiro atoms. The second-order valence-corrected chi connectivity index (χ2v) is 10.3. The van der Waals surface area contributed by atoms with E-state index in [-0.39, 0.29) is 5.91 Å². The molecule has 4 heteroatoms. The standard InChI is InChI=1S/C33H47N3O/c1-3-4-5-6-7-8-9-10-11-12-13-14-15-19-26-34-33(37)30-22-24-31(25-23-30)36-32(27-28(2)35-36)29-20-17-16-18-21-29/h16-18,20-25,27H,3-15,19,26H2,1-2H3,(H,34,37). The summed E-state index contributed by atoms with van der Waals surface area (Å²) in [5.74, 6) is 0.00109. The quantitative estimate of drug-likeness (QED) is 0.177. The highest BCUT2D eigenvalue weighted by Gasteiger charge is 2.11. The lowest BCUT2D eigenvalue weighted by molar-refractivity contribution is 0.0953. The van der Waals surface area contributed by atoms with E-state index in [1.807, 2.05) is 54.1 Å². The van der Waals surface area contributed by atoms with Gasteiger partial charge in [0, 0.05) is 17.7 Å². The average Bonchev–Trinajstić information content (AvgIpc) is 3.33. The van der Waals surface area contributed by atoms with Gasteiger partial charge in [0.15, 0.2) is 0 Å². The summed E-state index contributed by atoms with van der Waals surface area (Å²) in [5, 5.41) is 7.75. The van der Waals surface area contributed by atoms with Gasteiger partial charge in [-0.3, -0.25) is 4.79 Å². The zero-order valence-electron chi connectivity index (χ0n) is 23.2. The summed E-state index contributed by atoms with van der Waals surface area (Å²) in [7, 11) is 0. The van der Waals surface area contributed by atoms with Gasteiger partial charge < -0.3 is 5.32 Å². The minimum absolute atomic E-state index is 0.00109.